The molecule has 0 saturated carbocycles. The minimum Gasteiger partial charge on any atom is -0.493 e. The van der Waals surface area contributed by atoms with Gasteiger partial charge in [0.1, 0.15) is 17.2 Å². The first-order chi connectivity index (χ1) is 13.2. The van der Waals surface area contributed by atoms with Crippen LogP contribution in [0.25, 0.3) is 16.9 Å². The van der Waals surface area contributed by atoms with Crippen LogP contribution >= 0.6 is 0 Å². The largest absolute Gasteiger partial charge is 0.493 e. The van der Waals surface area contributed by atoms with Crippen molar-refractivity contribution < 1.29 is 14.4 Å². The van der Waals surface area contributed by atoms with Gasteiger partial charge in [0.15, 0.2) is 11.5 Å². The van der Waals surface area contributed by atoms with Gasteiger partial charge in [0.25, 0.3) is 5.69 Å². The molecular formula is C19H18N4O4. The van der Waals surface area contributed by atoms with E-state index in [9.17, 15) is 10.1 Å². The van der Waals surface area contributed by atoms with Crippen molar-refractivity contribution in [2.75, 3.05) is 26.1 Å². The molecule has 0 spiro atoms. The second-order valence-electron chi connectivity index (χ2n) is 6.05. The van der Waals surface area contributed by atoms with Gasteiger partial charge in [-0.1, -0.05) is 18.2 Å². The SMILES string of the molecule is COc1cccc(-c2nn(-c3ccccc3[N+](=O)[O-])c3c2CCN3)c1OC. The average molecular weight is 366 g/mol. The van der Waals surface area contributed by atoms with Crippen LogP contribution in [-0.4, -0.2) is 35.5 Å². The van der Waals surface area contributed by atoms with Gasteiger partial charge >= 0.3 is 0 Å². The van der Waals surface area contributed by atoms with Gasteiger partial charge in [0.2, 0.25) is 0 Å². The number of nitrogens with zero attached hydrogens (tertiary/aromatic N) is 3. The van der Waals surface area contributed by atoms with Gasteiger partial charge in [-0.2, -0.15) is 5.10 Å². The number of rotatable bonds is 5. The summed E-state index contributed by atoms with van der Waals surface area (Å²) in [6.45, 7) is 0.743. The number of fused-ring (bicyclic) bond motifs is 1. The molecule has 3 aromatic rings. The summed E-state index contributed by atoms with van der Waals surface area (Å²) in [4.78, 5) is 11.1. The first kappa shape index (κ1) is 16.9. The number of nitro benzene ring substituents is 1. The van der Waals surface area contributed by atoms with Gasteiger partial charge < -0.3 is 14.8 Å². The number of anilines is 1. The summed E-state index contributed by atoms with van der Waals surface area (Å²) in [6.07, 6.45) is 0.770. The molecule has 0 unspecified atom stereocenters. The van der Waals surface area contributed by atoms with Crippen molar-refractivity contribution in [2.45, 2.75) is 6.42 Å². The summed E-state index contributed by atoms with van der Waals surface area (Å²) < 4.78 is 12.6. The number of para-hydroxylation sites is 3. The zero-order valence-corrected chi connectivity index (χ0v) is 14.9. The minimum atomic E-state index is -0.399. The van der Waals surface area contributed by atoms with Gasteiger partial charge in [-0.15, -0.1) is 0 Å². The molecular weight excluding hydrogens is 348 g/mol. The lowest BCUT2D eigenvalue weighted by molar-refractivity contribution is -0.384. The summed E-state index contributed by atoms with van der Waals surface area (Å²) in [5.41, 5.74) is 2.93. The molecule has 1 aliphatic heterocycles. The van der Waals surface area contributed by atoms with Crippen LogP contribution in [0.5, 0.6) is 11.5 Å². The maximum absolute atomic E-state index is 11.5. The van der Waals surface area contributed by atoms with E-state index in [1.165, 1.54) is 6.07 Å². The van der Waals surface area contributed by atoms with Crippen LogP contribution in [0.4, 0.5) is 11.5 Å². The first-order valence-corrected chi connectivity index (χ1v) is 8.46. The fraction of sp³-hybridized carbons (Fsp3) is 0.211. The van der Waals surface area contributed by atoms with Crippen LogP contribution in [0.3, 0.4) is 0 Å². The second kappa shape index (κ2) is 6.64. The molecule has 0 atom stereocenters. The smallest absolute Gasteiger partial charge is 0.294 e. The van der Waals surface area contributed by atoms with Crippen molar-refractivity contribution in [2.24, 2.45) is 0 Å². The molecule has 1 aliphatic rings. The zero-order valence-electron chi connectivity index (χ0n) is 14.9. The zero-order chi connectivity index (χ0) is 19.0. The van der Waals surface area contributed by atoms with Crippen LogP contribution in [-0.2, 0) is 6.42 Å². The van der Waals surface area contributed by atoms with Gasteiger partial charge in [-0.25, -0.2) is 4.68 Å². The summed E-state index contributed by atoms with van der Waals surface area (Å²) in [5, 5.41) is 19.5. The fourth-order valence-electron chi connectivity index (χ4n) is 3.44. The molecule has 2 heterocycles. The number of hydrogen-bond acceptors (Lipinski definition) is 6. The van der Waals surface area contributed by atoms with Crippen LogP contribution in [0.15, 0.2) is 42.5 Å². The lowest BCUT2D eigenvalue weighted by Gasteiger charge is -2.11. The summed E-state index contributed by atoms with van der Waals surface area (Å²) >= 11 is 0. The monoisotopic (exact) mass is 366 g/mol. The van der Waals surface area contributed by atoms with E-state index in [-0.39, 0.29) is 5.69 Å². The topological polar surface area (TPSA) is 91.5 Å². The van der Waals surface area contributed by atoms with E-state index in [1.54, 1.807) is 37.1 Å². The highest BCUT2D eigenvalue weighted by atomic mass is 16.6. The van der Waals surface area contributed by atoms with Crippen LogP contribution in [0.2, 0.25) is 0 Å². The molecule has 138 valence electrons. The Labute approximate surface area is 155 Å². The highest BCUT2D eigenvalue weighted by Crippen LogP contribution is 2.42. The highest BCUT2D eigenvalue weighted by Gasteiger charge is 2.28. The van der Waals surface area contributed by atoms with Gasteiger partial charge in [-0.05, 0) is 24.6 Å². The van der Waals surface area contributed by atoms with Crippen molar-refractivity contribution in [3.8, 4) is 28.4 Å². The van der Waals surface area contributed by atoms with Crippen molar-refractivity contribution in [1.29, 1.82) is 0 Å². The quantitative estimate of drug-likeness (QED) is 0.549. The Balaban J connectivity index is 1.95. The predicted octanol–water partition coefficient (Wildman–Crippen LogP) is 3.43. The third kappa shape index (κ3) is 2.66. The lowest BCUT2D eigenvalue weighted by atomic mass is 10.1. The molecule has 1 aromatic heterocycles. The Morgan fingerprint density at radius 2 is 1.96 bits per heavy atom. The number of nitro groups is 1. The van der Waals surface area contributed by atoms with Crippen molar-refractivity contribution >= 4 is 11.5 Å². The number of nitrogens with one attached hydrogen (secondary N) is 1. The maximum Gasteiger partial charge on any atom is 0.294 e. The van der Waals surface area contributed by atoms with Crippen molar-refractivity contribution in [1.82, 2.24) is 9.78 Å². The number of methoxy groups -OCH3 is 2. The standard InChI is InChI=1S/C19H18N4O4/c1-26-16-9-5-6-12(18(16)27-2)17-13-10-11-20-19(13)22(21-17)14-7-3-4-8-15(14)23(24)25/h3-9,20H,10-11H2,1-2H3. The molecule has 8 heteroatoms. The summed E-state index contributed by atoms with van der Waals surface area (Å²) in [5.74, 6) is 1.96. The summed E-state index contributed by atoms with van der Waals surface area (Å²) in [6, 6.07) is 12.2. The molecule has 1 N–H and O–H groups in total. The Kier molecular flexibility index (Phi) is 4.15. The highest BCUT2D eigenvalue weighted by molar-refractivity contribution is 5.79. The third-order valence-electron chi connectivity index (χ3n) is 4.62. The lowest BCUT2D eigenvalue weighted by Crippen LogP contribution is -2.06. The Morgan fingerprint density at radius 1 is 1.15 bits per heavy atom. The molecule has 27 heavy (non-hydrogen) atoms. The van der Waals surface area contributed by atoms with Crippen molar-refractivity contribution in [3.63, 3.8) is 0 Å². The molecule has 0 bridgehead atoms. The molecule has 0 fully saturated rings. The van der Waals surface area contributed by atoms with E-state index in [1.807, 2.05) is 18.2 Å². The van der Waals surface area contributed by atoms with Crippen molar-refractivity contribution in [3.05, 3.63) is 58.1 Å². The third-order valence-corrected chi connectivity index (χ3v) is 4.62. The maximum atomic E-state index is 11.5. The van der Waals surface area contributed by atoms with Crippen LogP contribution < -0.4 is 14.8 Å². The van der Waals surface area contributed by atoms with E-state index in [0.29, 0.717) is 17.2 Å². The van der Waals surface area contributed by atoms with E-state index in [4.69, 9.17) is 14.6 Å². The molecule has 8 nitrogen and oxygen atoms in total. The molecule has 0 radical (unpaired) electrons. The first-order valence-electron chi connectivity index (χ1n) is 8.46. The van der Waals surface area contributed by atoms with E-state index >= 15 is 0 Å². The second-order valence-corrected chi connectivity index (χ2v) is 6.05. The van der Waals surface area contributed by atoms with E-state index < -0.39 is 4.92 Å². The molecule has 0 saturated heterocycles. The Bertz CT molecular complexity index is 1030. The normalized spacial score (nSPS) is 12.4. The van der Waals surface area contributed by atoms with E-state index in [0.717, 1.165) is 35.6 Å². The molecule has 0 aliphatic carbocycles. The predicted molar refractivity (Wildman–Crippen MR) is 101 cm³/mol. The Morgan fingerprint density at radius 3 is 2.70 bits per heavy atom. The number of ether oxygens (including phenoxy) is 2. The number of hydrogen-bond donors (Lipinski definition) is 1. The molecule has 4 rings (SSSR count). The van der Waals surface area contributed by atoms with Crippen LogP contribution in [0.1, 0.15) is 5.56 Å². The molecule has 0 amide bonds. The van der Waals surface area contributed by atoms with Gasteiger partial charge in [0.05, 0.1) is 19.1 Å². The van der Waals surface area contributed by atoms with Crippen LogP contribution in [0, 0.1) is 10.1 Å². The summed E-state index contributed by atoms with van der Waals surface area (Å²) in [7, 11) is 3.17. The number of aromatic nitrogens is 2. The Hall–Kier alpha value is -3.55. The van der Waals surface area contributed by atoms with Gasteiger partial charge in [0, 0.05) is 23.7 Å². The average Bonchev–Trinajstić information content (AvgIpc) is 3.30. The van der Waals surface area contributed by atoms with Gasteiger partial charge in [-0.3, -0.25) is 10.1 Å². The minimum absolute atomic E-state index is 0.000609. The molecule has 2 aromatic carbocycles. The van der Waals surface area contributed by atoms with E-state index in [2.05, 4.69) is 5.32 Å². The number of benzene rings is 2. The fourth-order valence-corrected chi connectivity index (χ4v) is 3.44.